The highest BCUT2D eigenvalue weighted by Crippen LogP contribution is 2.16. The molecule has 8 nitrogen and oxygen atoms in total. The molecular formula is C24H26F3N3O5. The molecular weight excluding hydrogens is 467 g/mol. The van der Waals surface area contributed by atoms with Crippen LogP contribution < -0.4 is 16.0 Å². The molecule has 1 atom stereocenters. The van der Waals surface area contributed by atoms with E-state index in [1.807, 2.05) is 0 Å². The van der Waals surface area contributed by atoms with Crippen molar-refractivity contribution in [3.8, 4) is 0 Å². The molecule has 0 aliphatic carbocycles. The molecule has 2 aromatic rings. The van der Waals surface area contributed by atoms with E-state index in [4.69, 9.17) is 9.47 Å². The lowest BCUT2D eigenvalue weighted by molar-refractivity contribution is -0.174. The zero-order chi connectivity index (χ0) is 25.8. The predicted molar refractivity (Wildman–Crippen MR) is 122 cm³/mol. The van der Waals surface area contributed by atoms with Gasteiger partial charge in [-0.15, -0.1) is 0 Å². The summed E-state index contributed by atoms with van der Waals surface area (Å²) in [4.78, 5) is 37.4. The van der Waals surface area contributed by atoms with Gasteiger partial charge in [0.15, 0.2) is 6.29 Å². The van der Waals surface area contributed by atoms with Crippen molar-refractivity contribution in [3.63, 3.8) is 0 Å². The van der Waals surface area contributed by atoms with Crippen molar-refractivity contribution in [2.24, 2.45) is 0 Å². The van der Waals surface area contributed by atoms with E-state index in [1.54, 1.807) is 66.0 Å². The Morgan fingerprint density at radius 2 is 1.51 bits per heavy atom. The molecule has 0 radical (unpaired) electrons. The van der Waals surface area contributed by atoms with Gasteiger partial charge < -0.3 is 25.4 Å². The molecule has 0 saturated heterocycles. The molecule has 0 aliphatic heterocycles. The average molecular weight is 493 g/mol. The van der Waals surface area contributed by atoms with Crippen molar-refractivity contribution in [1.29, 1.82) is 0 Å². The zero-order valence-corrected chi connectivity index (χ0v) is 19.1. The van der Waals surface area contributed by atoms with Gasteiger partial charge in [0.25, 0.3) is 5.91 Å². The number of rotatable bonds is 11. The summed E-state index contributed by atoms with van der Waals surface area (Å²) in [5.41, 5.74) is 0.814. The molecule has 0 aliphatic rings. The van der Waals surface area contributed by atoms with Crippen LogP contribution in [0.25, 0.3) is 6.08 Å². The van der Waals surface area contributed by atoms with E-state index in [0.717, 1.165) is 0 Å². The second-order valence-corrected chi connectivity index (χ2v) is 7.28. The number of amides is 3. The first-order valence-corrected chi connectivity index (χ1v) is 10.5. The van der Waals surface area contributed by atoms with E-state index >= 15 is 0 Å². The van der Waals surface area contributed by atoms with Crippen LogP contribution in [0.5, 0.6) is 0 Å². The highest BCUT2D eigenvalue weighted by Gasteiger charge is 2.41. The number of ether oxygens (including phenoxy) is 2. The van der Waals surface area contributed by atoms with Crippen molar-refractivity contribution in [2.45, 2.75) is 24.9 Å². The molecule has 2 rings (SSSR count). The molecule has 0 heterocycles. The molecule has 0 unspecified atom stereocenters. The van der Waals surface area contributed by atoms with Crippen LogP contribution in [0, 0.1) is 0 Å². The first-order chi connectivity index (χ1) is 16.6. The summed E-state index contributed by atoms with van der Waals surface area (Å²) in [5.74, 6) is -4.00. The minimum atomic E-state index is -5.19. The number of benzene rings is 2. The summed E-state index contributed by atoms with van der Waals surface area (Å²) in [6.45, 7) is -0.0634. The van der Waals surface area contributed by atoms with Crippen LogP contribution in [-0.2, 0) is 30.3 Å². The van der Waals surface area contributed by atoms with Gasteiger partial charge >= 0.3 is 12.1 Å². The third-order valence-electron chi connectivity index (χ3n) is 4.73. The molecule has 188 valence electrons. The lowest BCUT2D eigenvalue weighted by atomic mass is 10.0. The van der Waals surface area contributed by atoms with Crippen LogP contribution in [0.1, 0.15) is 11.1 Å². The SMILES string of the molecule is COC(CNC(=O)/C(=C\c1ccccc1)NC(=O)[C@H](Cc1ccccc1)NC(=O)C(F)(F)F)OC. The Morgan fingerprint density at radius 1 is 0.943 bits per heavy atom. The summed E-state index contributed by atoms with van der Waals surface area (Å²) in [6, 6.07) is 15.1. The second kappa shape index (κ2) is 13.3. The Hall–Kier alpha value is -3.70. The lowest BCUT2D eigenvalue weighted by Crippen LogP contribution is -2.52. The second-order valence-electron chi connectivity index (χ2n) is 7.28. The van der Waals surface area contributed by atoms with Crippen LogP contribution in [-0.4, -0.2) is 57.0 Å². The van der Waals surface area contributed by atoms with Crippen LogP contribution >= 0.6 is 0 Å². The van der Waals surface area contributed by atoms with Crippen LogP contribution in [0.2, 0.25) is 0 Å². The molecule has 0 aromatic heterocycles. The molecule has 0 bridgehead atoms. The van der Waals surface area contributed by atoms with Crippen LogP contribution in [0.4, 0.5) is 13.2 Å². The first-order valence-electron chi connectivity index (χ1n) is 10.5. The molecule has 0 saturated carbocycles. The molecule has 0 spiro atoms. The van der Waals surface area contributed by atoms with E-state index in [2.05, 4.69) is 10.6 Å². The highest BCUT2D eigenvalue weighted by atomic mass is 19.4. The monoisotopic (exact) mass is 493 g/mol. The summed E-state index contributed by atoms with van der Waals surface area (Å²) < 4.78 is 48.7. The maximum absolute atomic E-state index is 13.0. The fourth-order valence-corrected chi connectivity index (χ4v) is 2.93. The summed E-state index contributed by atoms with van der Waals surface area (Å²) >= 11 is 0. The van der Waals surface area contributed by atoms with E-state index in [0.29, 0.717) is 11.1 Å². The van der Waals surface area contributed by atoms with E-state index < -0.39 is 36.2 Å². The molecule has 11 heteroatoms. The Morgan fingerprint density at radius 3 is 2.06 bits per heavy atom. The fourth-order valence-electron chi connectivity index (χ4n) is 2.93. The van der Waals surface area contributed by atoms with Gasteiger partial charge in [-0.1, -0.05) is 60.7 Å². The molecule has 35 heavy (non-hydrogen) atoms. The quantitative estimate of drug-likeness (QED) is 0.329. The maximum atomic E-state index is 13.0. The van der Waals surface area contributed by atoms with E-state index in [-0.39, 0.29) is 18.7 Å². The standard InChI is InChI=1S/C24H26F3N3O5/c1-34-20(35-2)15-28-21(31)18(13-16-9-5-3-6-10-16)29-22(32)19(30-23(33)24(25,26)27)14-17-11-7-4-8-12-17/h3-13,19-20H,14-15H2,1-2H3,(H,28,31)(H,29,32)(H,30,33)/b18-13+/t19-/m0/s1. The Bertz CT molecular complexity index is 1010. The highest BCUT2D eigenvalue weighted by molar-refractivity contribution is 6.02. The number of carbonyl (C=O) groups excluding carboxylic acids is 3. The number of alkyl halides is 3. The molecule has 3 amide bonds. The number of carbonyl (C=O) groups is 3. The molecule has 0 fully saturated rings. The van der Waals surface area contributed by atoms with Gasteiger partial charge in [-0.3, -0.25) is 14.4 Å². The minimum absolute atomic E-state index is 0.0634. The van der Waals surface area contributed by atoms with Gasteiger partial charge in [-0.05, 0) is 17.2 Å². The van der Waals surface area contributed by atoms with Crippen LogP contribution in [0.3, 0.4) is 0 Å². The Labute approximate surface area is 200 Å². The van der Waals surface area contributed by atoms with Crippen molar-refractivity contribution >= 4 is 23.8 Å². The molecule has 2 aromatic carbocycles. The normalized spacial score (nSPS) is 12.7. The third kappa shape index (κ3) is 9.22. The lowest BCUT2D eigenvalue weighted by Gasteiger charge is -2.21. The Balaban J connectivity index is 2.30. The van der Waals surface area contributed by atoms with Gasteiger partial charge in [0.05, 0.1) is 6.54 Å². The Kier molecular flexibility index (Phi) is 10.4. The van der Waals surface area contributed by atoms with Crippen molar-refractivity contribution in [2.75, 3.05) is 20.8 Å². The number of hydrogen-bond donors (Lipinski definition) is 3. The largest absolute Gasteiger partial charge is 0.471 e. The number of nitrogens with one attached hydrogen (secondary N) is 3. The summed E-state index contributed by atoms with van der Waals surface area (Å²) in [5, 5.41) is 6.58. The van der Waals surface area contributed by atoms with Crippen LogP contribution in [0.15, 0.2) is 66.4 Å². The van der Waals surface area contributed by atoms with E-state index in [9.17, 15) is 27.6 Å². The zero-order valence-electron chi connectivity index (χ0n) is 19.1. The van der Waals surface area contributed by atoms with Gasteiger partial charge in [0.1, 0.15) is 11.7 Å². The fraction of sp³-hybridized carbons (Fsp3) is 0.292. The first kappa shape index (κ1) is 27.5. The van der Waals surface area contributed by atoms with Gasteiger partial charge in [0.2, 0.25) is 5.91 Å². The number of halogens is 3. The van der Waals surface area contributed by atoms with Gasteiger partial charge in [0, 0.05) is 20.6 Å². The van der Waals surface area contributed by atoms with Crippen molar-refractivity contribution < 1.29 is 37.0 Å². The van der Waals surface area contributed by atoms with Crippen molar-refractivity contribution in [3.05, 3.63) is 77.5 Å². The van der Waals surface area contributed by atoms with Crippen molar-refractivity contribution in [1.82, 2.24) is 16.0 Å². The number of hydrogen-bond acceptors (Lipinski definition) is 5. The average Bonchev–Trinajstić information content (AvgIpc) is 2.84. The van der Waals surface area contributed by atoms with Gasteiger partial charge in [-0.25, -0.2) is 0 Å². The van der Waals surface area contributed by atoms with E-state index in [1.165, 1.54) is 20.3 Å². The summed E-state index contributed by atoms with van der Waals surface area (Å²) in [7, 11) is 2.75. The smallest absolute Gasteiger partial charge is 0.354 e. The van der Waals surface area contributed by atoms with Gasteiger partial charge in [-0.2, -0.15) is 13.2 Å². The number of methoxy groups -OCH3 is 2. The topological polar surface area (TPSA) is 106 Å². The summed E-state index contributed by atoms with van der Waals surface area (Å²) in [6.07, 6.45) is -4.83. The minimum Gasteiger partial charge on any atom is -0.354 e. The predicted octanol–water partition coefficient (Wildman–Crippen LogP) is 2.17. The molecule has 3 N–H and O–H groups in total. The third-order valence-corrected chi connectivity index (χ3v) is 4.73. The maximum Gasteiger partial charge on any atom is 0.471 e.